The normalized spacial score (nSPS) is 15.8. The van der Waals surface area contributed by atoms with Crippen LogP contribution in [-0.4, -0.2) is 19.9 Å². The minimum atomic E-state index is 0.398. The molecule has 0 spiro atoms. The summed E-state index contributed by atoms with van der Waals surface area (Å²) in [5.74, 6) is 0.813. The van der Waals surface area contributed by atoms with Gasteiger partial charge in [0.2, 0.25) is 0 Å². The summed E-state index contributed by atoms with van der Waals surface area (Å²) in [5.41, 5.74) is 0. The summed E-state index contributed by atoms with van der Waals surface area (Å²) in [6.45, 7) is 5.72. The van der Waals surface area contributed by atoms with Crippen molar-refractivity contribution in [2.24, 2.45) is 5.92 Å². The fourth-order valence-corrected chi connectivity index (χ4v) is 1.51. The lowest BCUT2D eigenvalue weighted by Crippen LogP contribution is -2.13. The van der Waals surface area contributed by atoms with E-state index in [2.05, 4.69) is 5.32 Å². The van der Waals surface area contributed by atoms with Gasteiger partial charge in [0.1, 0.15) is 5.78 Å². The van der Waals surface area contributed by atoms with Gasteiger partial charge < -0.3 is 5.32 Å². The van der Waals surface area contributed by atoms with Gasteiger partial charge in [-0.2, -0.15) is 0 Å². The number of Topliss-reactive ketones (excluding diaryl/α,β-unsaturated/α-hetero) is 1. The standard InChI is InChI=1S/C8H14O.C2H7N.C2H6/c1-7(9)8-5-3-2-4-6-8;1-3-2;1-2/h8H,2-6H2,1H3;3H,1-2H3;1-2H3. The molecule has 0 amide bonds. The average molecular weight is 201 g/mol. The lowest BCUT2D eigenvalue weighted by Gasteiger charge is -2.17. The Morgan fingerprint density at radius 2 is 1.43 bits per heavy atom. The Balaban J connectivity index is 0. The molecule has 2 nitrogen and oxygen atoms in total. The molecule has 0 aromatic heterocycles. The van der Waals surface area contributed by atoms with Crippen molar-refractivity contribution in [3.63, 3.8) is 0 Å². The third kappa shape index (κ3) is 9.72. The van der Waals surface area contributed by atoms with E-state index in [9.17, 15) is 4.79 Å². The van der Waals surface area contributed by atoms with Crippen LogP contribution in [0.3, 0.4) is 0 Å². The van der Waals surface area contributed by atoms with E-state index in [-0.39, 0.29) is 0 Å². The zero-order valence-corrected chi connectivity index (χ0v) is 10.5. The SMILES string of the molecule is CC.CC(=O)C1CCCCC1.CNC. The second kappa shape index (κ2) is 12.6. The van der Waals surface area contributed by atoms with Gasteiger partial charge in [0.15, 0.2) is 0 Å². The Bertz CT molecular complexity index is 117. The highest BCUT2D eigenvalue weighted by atomic mass is 16.1. The highest BCUT2D eigenvalue weighted by Gasteiger charge is 2.16. The maximum absolute atomic E-state index is 10.8. The van der Waals surface area contributed by atoms with E-state index in [1.165, 1.54) is 19.3 Å². The van der Waals surface area contributed by atoms with Crippen LogP contribution in [0, 0.1) is 5.92 Å². The van der Waals surface area contributed by atoms with Crippen LogP contribution in [0.1, 0.15) is 52.9 Å². The molecule has 0 saturated heterocycles. The summed E-state index contributed by atoms with van der Waals surface area (Å²) in [6, 6.07) is 0. The highest BCUT2D eigenvalue weighted by Crippen LogP contribution is 2.23. The molecule has 86 valence electrons. The number of nitrogens with one attached hydrogen (secondary N) is 1. The molecule has 0 heterocycles. The van der Waals surface area contributed by atoms with Crippen molar-refractivity contribution in [2.45, 2.75) is 52.9 Å². The van der Waals surface area contributed by atoms with Crippen molar-refractivity contribution in [1.82, 2.24) is 5.32 Å². The van der Waals surface area contributed by atoms with Gasteiger partial charge in [0.25, 0.3) is 0 Å². The van der Waals surface area contributed by atoms with Crippen LogP contribution in [0.4, 0.5) is 0 Å². The topological polar surface area (TPSA) is 29.1 Å². The molecule has 1 rings (SSSR count). The van der Waals surface area contributed by atoms with Crippen LogP contribution in [0.25, 0.3) is 0 Å². The second-order valence-electron chi connectivity index (χ2n) is 3.45. The van der Waals surface area contributed by atoms with Gasteiger partial charge in [0, 0.05) is 5.92 Å². The molecule has 1 aliphatic carbocycles. The van der Waals surface area contributed by atoms with E-state index in [1.54, 1.807) is 6.92 Å². The first kappa shape index (κ1) is 16.1. The average Bonchev–Trinajstić information content (AvgIpc) is 2.23. The Hall–Kier alpha value is -0.370. The van der Waals surface area contributed by atoms with E-state index in [0.29, 0.717) is 11.7 Å². The second-order valence-corrected chi connectivity index (χ2v) is 3.45. The van der Waals surface area contributed by atoms with Gasteiger partial charge in [-0.05, 0) is 33.9 Å². The third-order valence-electron chi connectivity index (χ3n) is 2.18. The highest BCUT2D eigenvalue weighted by molar-refractivity contribution is 5.78. The van der Waals surface area contributed by atoms with Crippen LogP contribution >= 0.6 is 0 Å². The van der Waals surface area contributed by atoms with E-state index in [4.69, 9.17) is 0 Å². The van der Waals surface area contributed by atoms with Crippen LogP contribution in [0.5, 0.6) is 0 Å². The molecule has 1 fully saturated rings. The number of hydrogen-bond acceptors (Lipinski definition) is 2. The van der Waals surface area contributed by atoms with E-state index < -0.39 is 0 Å². The smallest absolute Gasteiger partial charge is 0.132 e. The summed E-state index contributed by atoms with van der Waals surface area (Å²) in [7, 11) is 3.75. The fraction of sp³-hybridized carbons (Fsp3) is 0.917. The molecule has 0 aromatic rings. The summed E-state index contributed by atoms with van der Waals surface area (Å²) in [4.78, 5) is 10.8. The third-order valence-corrected chi connectivity index (χ3v) is 2.18. The molecule has 0 bridgehead atoms. The summed E-state index contributed by atoms with van der Waals surface area (Å²) >= 11 is 0. The molecular formula is C12H27NO. The van der Waals surface area contributed by atoms with Gasteiger partial charge >= 0.3 is 0 Å². The number of rotatable bonds is 1. The molecule has 14 heavy (non-hydrogen) atoms. The summed E-state index contributed by atoms with van der Waals surface area (Å²) < 4.78 is 0. The molecular weight excluding hydrogens is 174 g/mol. The van der Waals surface area contributed by atoms with Gasteiger partial charge in [-0.3, -0.25) is 4.79 Å². The summed E-state index contributed by atoms with van der Waals surface area (Å²) in [5, 5.41) is 2.75. The van der Waals surface area contributed by atoms with Crippen molar-refractivity contribution in [3.05, 3.63) is 0 Å². The predicted octanol–water partition coefficient (Wildman–Crippen LogP) is 3.02. The molecule has 0 atom stereocenters. The zero-order valence-electron chi connectivity index (χ0n) is 10.5. The first-order valence-electron chi connectivity index (χ1n) is 5.81. The lowest BCUT2D eigenvalue weighted by molar-refractivity contribution is -0.121. The zero-order chi connectivity index (χ0) is 11.4. The van der Waals surface area contributed by atoms with Crippen molar-refractivity contribution in [2.75, 3.05) is 14.1 Å². The first-order chi connectivity index (χ1) is 6.72. The Morgan fingerprint density at radius 1 is 1.07 bits per heavy atom. The Kier molecular flexibility index (Phi) is 14.5. The van der Waals surface area contributed by atoms with E-state index >= 15 is 0 Å². The van der Waals surface area contributed by atoms with Crippen LogP contribution in [0.15, 0.2) is 0 Å². The Labute approximate surface area is 89.5 Å². The maximum atomic E-state index is 10.8. The molecule has 2 heteroatoms. The molecule has 1 aliphatic rings. The van der Waals surface area contributed by atoms with Crippen molar-refractivity contribution < 1.29 is 4.79 Å². The molecule has 0 aliphatic heterocycles. The Morgan fingerprint density at radius 3 is 1.64 bits per heavy atom. The van der Waals surface area contributed by atoms with Crippen molar-refractivity contribution >= 4 is 5.78 Å². The number of hydrogen-bond donors (Lipinski definition) is 1. The van der Waals surface area contributed by atoms with Crippen LogP contribution in [0.2, 0.25) is 0 Å². The quantitative estimate of drug-likeness (QED) is 0.706. The van der Waals surface area contributed by atoms with Gasteiger partial charge in [0.05, 0.1) is 0 Å². The fourth-order valence-electron chi connectivity index (χ4n) is 1.51. The largest absolute Gasteiger partial charge is 0.323 e. The minimum absolute atomic E-state index is 0.398. The van der Waals surface area contributed by atoms with Crippen LogP contribution in [-0.2, 0) is 4.79 Å². The maximum Gasteiger partial charge on any atom is 0.132 e. The van der Waals surface area contributed by atoms with E-state index in [1.807, 2.05) is 27.9 Å². The predicted molar refractivity (Wildman–Crippen MR) is 63.6 cm³/mol. The molecule has 0 aromatic carbocycles. The first-order valence-corrected chi connectivity index (χ1v) is 5.81. The number of carbonyl (C=O) groups is 1. The number of ketones is 1. The van der Waals surface area contributed by atoms with Gasteiger partial charge in [-0.15, -0.1) is 0 Å². The van der Waals surface area contributed by atoms with E-state index in [0.717, 1.165) is 12.8 Å². The van der Waals surface area contributed by atoms with Gasteiger partial charge in [-0.25, -0.2) is 0 Å². The van der Waals surface area contributed by atoms with Gasteiger partial charge in [-0.1, -0.05) is 33.1 Å². The number of carbonyl (C=O) groups excluding carboxylic acids is 1. The van der Waals surface area contributed by atoms with Crippen LogP contribution < -0.4 is 5.32 Å². The molecule has 0 radical (unpaired) electrons. The molecule has 1 N–H and O–H groups in total. The van der Waals surface area contributed by atoms with Crippen molar-refractivity contribution in [1.29, 1.82) is 0 Å². The minimum Gasteiger partial charge on any atom is -0.323 e. The van der Waals surface area contributed by atoms with Crippen molar-refractivity contribution in [3.8, 4) is 0 Å². The summed E-state index contributed by atoms with van der Waals surface area (Å²) in [6.07, 6.45) is 6.17. The molecule has 1 saturated carbocycles. The molecule has 0 unspecified atom stereocenters. The monoisotopic (exact) mass is 201 g/mol. The lowest BCUT2D eigenvalue weighted by atomic mass is 9.87.